The summed E-state index contributed by atoms with van der Waals surface area (Å²) in [6, 6.07) is -0.362. The molecule has 7 unspecified atom stereocenters. The molecule has 0 bridgehead atoms. The maximum Gasteiger partial charge on any atom is 0.315 e. The zero-order valence-electron chi connectivity index (χ0n) is 25.0. The molecule has 2 N–H and O–H groups in total. The minimum absolute atomic E-state index is 0.129. The Bertz CT molecular complexity index is 1220. The zero-order valence-corrected chi connectivity index (χ0v) is 25.0. The predicted molar refractivity (Wildman–Crippen MR) is 155 cm³/mol. The van der Waals surface area contributed by atoms with Crippen molar-refractivity contribution in [2.75, 3.05) is 0 Å². The van der Waals surface area contributed by atoms with E-state index in [1.54, 1.807) is 11.6 Å². The number of carbonyl (C=O) groups excluding carboxylic acids is 2. The average Bonchev–Trinajstić information content (AvgIpc) is 2.85. The Morgan fingerprint density at radius 2 is 1.62 bits per heavy atom. The number of carbonyl (C=O) groups is 2. The maximum atomic E-state index is 13.0. The SMILES string of the molecule is CC1(C)OC(C)(C2CCC3CCC4C5=CC=C6C=CC(=O)C=C6C5CCC4C3C2)C(C)(C)N(C(N)=O)C1(C)C. The van der Waals surface area contributed by atoms with Crippen LogP contribution in [0.4, 0.5) is 4.79 Å². The lowest BCUT2D eigenvalue weighted by molar-refractivity contribution is -0.304. The average molecular weight is 533 g/mol. The number of nitrogens with zero attached hydrogens (tertiary/aromatic N) is 1. The van der Waals surface area contributed by atoms with Gasteiger partial charge in [-0.05, 0) is 146 Å². The van der Waals surface area contributed by atoms with Crippen LogP contribution in [0.25, 0.3) is 0 Å². The van der Waals surface area contributed by atoms with Crippen molar-refractivity contribution in [2.45, 2.75) is 116 Å². The predicted octanol–water partition coefficient (Wildman–Crippen LogP) is 6.89. The number of allylic oxidation sites excluding steroid dienone is 8. The number of hydrogen-bond acceptors (Lipinski definition) is 3. The van der Waals surface area contributed by atoms with Crippen molar-refractivity contribution in [3.05, 3.63) is 47.1 Å². The van der Waals surface area contributed by atoms with Gasteiger partial charge in [-0.2, -0.15) is 0 Å². The van der Waals surface area contributed by atoms with Crippen LogP contribution in [0.2, 0.25) is 0 Å². The van der Waals surface area contributed by atoms with Crippen LogP contribution in [0, 0.1) is 35.5 Å². The Balaban J connectivity index is 1.30. The first-order chi connectivity index (χ1) is 18.2. The second kappa shape index (κ2) is 8.68. The molecule has 0 spiro atoms. The Morgan fingerprint density at radius 3 is 2.33 bits per heavy atom. The van der Waals surface area contributed by atoms with Crippen LogP contribution in [0.1, 0.15) is 93.4 Å². The van der Waals surface area contributed by atoms with Gasteiger partial charge in [0, 0.05) is 5.92 Å². The van der Waals surface area contributed by atoms with E-state index in [2.05, 4.69) is 60.6 Å². The lowest BCUT2D eigenvalue weighted by atomic mass is 9.50. The summed E-state index contributed by atoms with van der Waals surface area (Å²) in [5.74, 6) is 3.64. The van der Waals surface area contributed by atoms with Crippen LogP contribution < -0.4 is 5.73 Å². The lowest BCUT2D eigenvalue weighted by Gasteiger charge is -2.68. The van der Waals surface area contributed by atoms with Gasteiger partial charge in [-0.3, -0.25) is 4.79 Å². The van der Waals surface area contributed by atoms with Crippen molar-refractivity contribution < 1.29 is 14.3 Å². The first-order valence-electron chi connectivity index (χ1n) is 15.3. The van der Waals surface area contributed by atoms with E-state index >= 15 is 0 Å². The maximum absolute atomic E-state index is 13.0. The summed E-state index contributed by atoms with van der Waals surface area (Å²) in [4.78, 5) is 27.1. The number of ether oxygens (including phenoxy) is 1. The lowest BCUT2D eigenvalue weighted by Crippen LogP contribution is -2.81. The quantitative estimate of drug-likeness (QED) is 0.400. The van der Waals surface area contributed by atoms with E-state index in [9.17, 15) is 9.59 Å². The second-order valence-electron chi connectivity index (χ2n) is 15.0. The molecular weight excluding hydrogens is 484 g/mol. The monoisotopic (exact) mass is 532 g/mol. The summed E-state index contributed by atoms with van der Waals surface area (Å²) in [7, 11) is 0. The van der Waals surface area contributed by atoms with Gasteiger partial charge < -0.3 is 15.4 Å². The summed E-state index contributed by atoms with van der Waals surface area (Å²) >= 11 is 0. The normalized spacial score (nSPS) is 41.7. The summed E-state index contributed by atoms with van der Waals surface area (Å²) in [6.07, 6.45) is 18.7. The third-order valence-corrected chi connectivity index (χ3v) is 12.7. The minimum Gasteiger partial charge on any atom is -0.364 e. The summed E-state index contributed by atoms with van der Waals surface area (Å²) in [5, 5.41) is 0. The molecule has 1 saturated heterocycles. The van der Waals surface area contributed by atoms with E-state index in [-0.39, 0.29) is 11.8 Å². The number of hydrogen-bond donors (Lipinski definition) is 1. The third kappa shape index (κ3) is 3.74. The van der Waals surface area contributed by atoms with Gasteiger partial charge in [-0.1, -0.05) is 23.8 Å². The number of fused-ring (bicyclic) bond motifs is 7. The van der Waals surface area contributed by atoms with Crippen molar-refractivity contribution >= 4 is 11.8 Å². The largest absolute Gasteiger partial charge is 0.364 e. The molecule has 0 aromatic heterocycles. The molecule has 6 rings (SSSR count). The molecule has 6 aliphatic rings. The number of nitrogens with two attached hydrogens (primary N) is 1. The molecule has 5 heteroatoms. The van der Waals surface area contributed by atoms with Crippen LogP contribution in [-0.4, -0.2) is 39.0 Å². The first-order valence-corrected chi connectivity index (χ1v) is 15.3. The fourth-order valence-electron chi connectivity index (χ4n) is 10.0. The fraction of sp³-hybridized carbons (Fsp3) is 0.706. The van der Waals surface area contributed by atoms with Gasteiger partial charge in [0.05, 0.1) is 22.3 Å². The van der Waals surface area contributed by atoms with Gasteiger partial charge in [0.25, 0.3) is 0 Å². The fourth-order valence-corrected chi connectivity index (χ4v) is 10.0. The highest BCUT2D eigenvalue weighted by molar-refractivity contribution is 6.02. The Morgan fingerprint density at radius 1 is 0.897 bits per heavy atom. The van der Waals surface area contributed by atoms with Gasteiger partial charge in [-0.25, -0.2) is 4.79 Å². The molecule has 39 heavy (non-hydrogen) atoms. The van der Waals surface area contributed by atoms with E-state index in [0.717, 1.165) is 25.2 Å². The van der Waals surface area contributed by atoms with E-state index in [0.29, 0.717) is 29.6 Å². The molecule has 3 saturated carbocycles. The van der Waals surface area contributed by atoms with Crippen LogP contribution >= 0.6 is 0 Å². The Kier molecular flexibility index (Phi) is 6.02. The first kappa shape index (κ1) is 27.1. The van der Waals surface area contributed by atoms with E-state index in [1.807, 2.05) is 17.1 Å². The van der Waals surface area contributed by atoms with E-state index < -0.39 is 22.3 Å². The molecule has 5 aliphatic carbocycles. The number of ketones is 1. The molecule has 212 valence electrons. The Labute approximate surface area is 235 Å². The second-order valence-corrected chi connectivity index (χ2v) is 15.0. The minimum atomic E-state index is -0.540. The smallest absolute Gasteiger partial charge is 0.315 e. The van der Waals surface area contributed by atoms with Crippen molar-refractivity contribution in [3.8, 4) is 0 Å². The van der Waals surface area contributed by atoms with Gasteiger partial charge in [0.1, 0.15) is 0 Å². The van der Waals surface area contributed by atoms with E-state index in [1.165, 1.54) is 36.8 Å². The highest BCUT2D eigenvalue weighted by Crippen LogP contribution is 2.61. The molecule has 0 radical (unpaired) electrons. The molecule has 1 heterocycles. The summed E-state index contributed by atoms with van der Waals surface area (Å²) in [5.41, 5.74) is 8.04. The van der Waals surface area contributed by atoms with Crippen LogP contribution in [0.15, 0.2) is 47.1 Å². The van der Waals surface area contributed by atoms with Gasteiger partial charge in [-0.15, -0.1) is 0 Å². The number of amides is 2. The van der Waals surface area contributed by atoms with E-state index in [4.69, 9.17) is 10.5 Å². The standard InChI is InChI=1S/C34H48N2O3/c1-31(2)33(5,6)39-34(7,32(3,4)36(31)30(35)38)22-12-8-20-10-14-24-25-15-11-21-9-13-23(37)19-29(21)27(25)17-16-26(24)28(20)18-22/h9,11,13,15,19-20,22,24,26-28H,8,10,12,14,16-18H2,1-7H3,(H2,35,38). The van der Waals surface area contributed by atoms with Gasteiger partial charge >= 0.3 is 6.03 Å². The van der Waals surface area contributed by atoms with Gasteiger partial charge in [0.2, 0.25) is 0 Å². The molecule has 7 atom stereocenters. The third-order valence-electron chi connectivity index (χ3n) is 12.7. The van der Waals surface area contributed by atoms with Crippen LogP contribution in [0.5, 0.6) is 0 Å². The summed E-state index contributed by atoms with van der Waals surface area (Å²) < 4.78 is 7.17. The number of rotatable bonds is 1. The van der Waals surface area contributed by atoms with Crippen molar-refractivity contribution in [1.82, 2.24) is 4.90 Å². The van der Waals surface area contributed by atoms with Crippen LogP contribution in [-0.2, 0) is 9.53 Å². The topological polar surface area (TPSA) is 72.6 Å². The van der Waals surface area contributed by atoms with Crippen molar-refractivity contribution in [2.24, 2.45) is 41.2 Å². The zero-order chi connectivity index (χ0) is 28.1. The number of primary amides is 1. The number of morpholine rings is 1. The molecule has 4 fully saturated rings. The van der Waals surface area contributed by atoms with Gasteiger partial charge in [0.15, 0.2) is 5.78 Å². The molecule has 2 amide bonds. The molecule has 0 aromatic carbocycles. The number of urea groups is 1. The highest BCUT2D eigenvalue weighted by Gasteiger charge is 2.66. The molecule has 5 nitrogen and oxygen atoms in total. The highest BCUT2D eigenvalue weighted by atomic mass is 16.5. The molecule has 0 aromatic rings. The molecule has 1 aliphatic heterocycles. The summed E-state index contributed by atoms with van der Waals surface area (Å²) in [6.45, 7) is 15.0. The van der Waals surface area contributed by atoms with Crippen molar-refractivity contribution in [3.63, 3.8) is 0 Å². The Hall–Kier alpha value is -2.14. The molecular formula is C34H48N2O3. The van der Waals surface area contributed by atoms with Crippen LogP contribution in [0.3, 0.4) is 0 Å². The van der Waals surface area contributed by atoms with Crippen molar-refractivity contribution in [1.29, 1.82) is 0 Å².